The third kappa shape index (κ3) is 11.9. The van der Waals surface area contributed by atoms with Gasteiger partial charge in [0.2, 0.25) is 13.1 Å². The zero-order chi connectivity index (χ0) is 30.3. The second kappa shape index (κ2) is 16.1. The van der Waals surface area contributed by atoms with Gasteiger partial charge in [-0.15, -0.1) is 0 Å². The number of para-hydroxylation sites is 1. The van der Waals surface area contributed by atoms with Gasteiger partial charge in [0.25, 0.3) is 0 Å². The predicted octanol–water partition coefficient (Wildman–Crippen LogP) is 5.86. The Morgan fingerprint density at radius 2 is 1.28 bits per heavy atom. The number of hydrogen-bond donors (Lipinski definition) is 0. The summed E-state index contributed by atoms with van der Waals surface area (Å²) in [5.41, 5.74) is -2.39. The van der Waals surface area contributed by atoms with Crippen LogP contribution < -0.4 is 4.18 Å². The average molecular weight is 572 g/mol. The van der Waals surface area contributed by atoms with Crippen molar-refractivity contribution in [2.24, 2.45) is 0 Å². The Morgan fingerprint density at radius 3 is 1.82 bits per heavy atom. The molecule has 9 nitrogen and oxygen atoms in total. The highest BCUT2D eigenvalue weighted by molar-refractivity contribution is 7.88. The van der Waals surface area contributed by atoms with E-state index in [2.05, 4.69) is 4.18 Å². The van der Waals surface area contributed by atoms with Crippen LogP contribution in [0.1, 0.15) is 37.5 Å². The molecule has 0 aromatic heterocycles. The third-order valence-corrected chi connectivity index (χ3v) is 5.83. The summed E-state index contributed by atoms with van der Waals surface area (Å²) >= 11 is 0. The van der Waals surface area contributed by atoms with Gasteiger partial charge in [0.15, 0.2) is 0 Å². The largest absolute Gasteiger partial charge is 0.534 e. The Hall–Kier alpha value is -4.00. The van der Waals surface area contributed by atoms with E-state index in [4.69, 9.17) is 1.37 Å². The van der Waals surface area contributed by atoms with E-state index in [9.17, 15) is 41.8 Å². The average Bonchev–Trinajstić information content (AvgIpc) is 2.88. The summed E-state index contributed by atoms with van der Waals surface area (Å²) in [7, 11) is -5.78. The molecular weight excluding hydrogens is 541 g/mol. The molecule has 0 amide bonds. The van der Waals surface area contributed by atoms with E-state index in [0.717, 1.165) is 22.8 Å². The molecule has 0 aliphatic heterocycles. The Labute approximate surface area is 226 Å². The minimum absolute atomic E-state index is 0.00650. The third-order valence-electron chi connectivity index (χ3n) is 4.87. The molecule has 3 aromatic carbocycles. The van der Waals surface area contributed by atoms with Gasteiger partial charge in [0.1, 0.15) is 5.75 Å². The molecular formula is C26H29F3N2O7S. The molecule has 0 aliphatic carbocycles. The quantitative estimate of drug-likeness (QED) is 0.129. The lowest BCUT2D eigenvalue weighted by atomic mass is 9.98. The van der Waals surface area contributed by atoms with E-state index >= 15 is 0 Å². The van der Waals surface area contributed by atoms with Gasteiger partial charge >= 0.3 is 15.6 Å². The first kappa shape index (κ1) is 31.2. The van der Waals surface area contributed by atoms with Crippen LogP contribution in [0, 0.1) is 20.2 Å². The summed E-state index contributed by atoms with van der Waals surface area (Å²) in [6.07, 6.45) is 0.918. The van der Waals surface area contributed by atoms with Crippen LogP contribution >= 0.6 is 0 Å². The lowest BCUT2D eigenvalue weighted by Gasteiger charge is -2.11. The number of hydrogen-bond acceptors (Lipinski definition) is 7. The number of alkyl halides is 3. The van der Waals surface area contributed by atoms with Crippen molar-refractivity contribution in [3.8, 4) is 5.75 Å². The van der Waals surface area contributed by atoms with Gasteiger partial charge < -0.3 is 4.18 Å². The number of halogens is 3. The van der Waals surface area contributed by atoms with Gasteiger partial charge in [-0.2, -0.15) is 21.6 Å². The smallest absolute Gasteiger partial charge is 0.376 e. The molecule has 0 atom stereocenters. The summed E-state index contributed by atoms with van der Waals surface area (Å²) < 4.78 is 69.7. The molecule has 0 saturated carbocycles. The molecule has 0 saturated heterocycles. The predicted molar refractivity (Wildman–Crippen MR) is 140 cm³/mol. The second-order valence-electron chi connectivity index (χ2n) is 7.56. The molecule has 0 N–H and O–H groups in total. The Morgan fingerprint density at radius 1 is 0.795 bits per heavy atom. The number of nitrogens with zero attached hydrogens (tertiary/aromatic N) is 2. The Kier molecular flexibility index (Phi) is 12.9. The maximum atomic E-state index is 12.1. The van der Waals surface area contributed by atoms with Crippen molar-refractivity contribution in [3.05, 3.63) is 121 Å². The van der Waals surface area contributed by atoms with Gasteiger partial charge in [-0.05, 0) is 29.2 Å². The lowest BCUT2D eigenvalue weighted by Crippen LogP contribution is -2.28. The first-order valence-corrected chi connectivity index (χ1v) is 13.1. The highest BCUT2D eigenvalue weighted by Crippen LogP contribution is 2.29. The van der Waals surface area contributed by atoms with Gasteiger partial charge in [-0.3, -0.25) is 20.2 Å². The van der Waals surface area contributed by atoms with Gasteiger partial charge in [0.05, 0.1) is 1.37 Å². The van der Waals surface area contributed by atoms with Crippen LogP contribution in [-0.4, -0.2) is 36.9 Å². The summed E-state index contributed by atoms with van der Waals surface area (Å²) in [5, 5.41) is 20.7. The summed E-state index contributed by atoms with van der Waals surface area (Å²) in [5.74, 6) is -0.568. The molecule has 3 rings (SSSR count). The molecule has 39 heavy (non-hydrogen) atoms. The number of rotatable bonds is 10. The summed E-state index contributed by atoms with van der Waals surface area (Å²) in [4.78, 5) is 19.7. The summed E-state index contributed by atoms with van der Waals surface area (Å²) in [6, 6.07) is 20.6. The SMILES string of the molecule is CC.O=[N+]([O-])CCc1ccccc1OS(=O)(=O)C(F)(F)F.[2H]c1cccc(Cc2ccccc2CC[N+](=O)[O-])c1. The monoisotopic (exact) mass is 571 g/mol. The fourth-order valence-corrected chi connectivity index (χ4v) is 3.61. The fourth-order valence-electron chi connectivity index (χ4n) is 3.11. The van der Waals surface area contributed by atoms with E-state index in [1.54, 1.807) is 6.07 Å². The topological polar surface area (TPSA) is 130 Å². The van der Waals surface area contributed by atoms with Crippen LogP contribution in [0.15, 0.2) is 78.8 Å². The number of benzene rings is 3. The van der Waals surface area contributed by atoms with Crippen LogP contribution in [0.2, 0.25) is 0 Å². The van der Waals surface area contributed by atoms with Gasteiger partial charge in [-0.25, -0.2) is 0 Å². The van der Waals surface area contributed by atoms with Crippen molar-refractivity contribution >= 4 is 10.1 Å². The minimum Gasteiger partial charge on any atom is -0.376 e. The van der Waals surface area contributed by atoms with Crippen LogP contribution in [0.4, 0.5) is 13.2 Å². The first-order valence-electron chi connectivity index (χ1n) is 12.2. The highest BCUT2D eigenvalue weighted by atomic mass is 32.2. The standard InChI is InChI=1S/C15H15NO2.C9H8F3NO5S.C2H6/c17-16(18)11-10-14-8-4-5-9-15(14)12-13-6-2-1-3-7-13;10-9(11,12)19(16,17)18-8-4-2-1-3-7(8)5-6-13(14)15;1-2/h1-9H,10-12H2;1-4H,5-6H2;1-2H3/i2D;;. The Bertz CT molecular complexity index is 1370. The molecule has 13 heteroatoms. The van der Waals surface area contributed by atoms with Crippen LogP contribution in [0.5, 0.6) is 5.75 Å². The van der Waals surface area contributed by atoms with Crippen molar-refractivity contribution in [1.29, 1.82) is 0 Å². The fraction of sp³-hybridized carbons (Fsp3) is 0.308. The molecule has 212 valence electrons. The van der Waals surface area contributed by atoms with E-state index in [0.29, 0.717) is 18.9 Å². The minimum atomic E-state index is -5.78. The van der Waals surface area contributed by atoms with Crippen LogP contribution in [0.25, 0.3) is 0 Å². The normalized spacial score (nSPS) is 11.2. The molecule has 3 aromatic rings. The van der Waals surface area contributed by atoms with Crippen molar-refractivity contribution in [2.45, 2.75) is 38.6 Å². The van der Waals surface area contributed by atoms with Gasteiger partial charge in [0, 0.05) is 28.3 Å². The van der Waals surface area contributed by atoms with E-state index in [1.807, 2.05) is 56.3 Å². The van der Waals surface area contributed by atoms with E-state index in [-0.39, 0.29) is 23.5 Å². The highest BCUT2D eigenvalue weighted by Gasteiger charge is 2.48. The van der Waals surface area contributed by atoms with Crippen LogP contribution in [-0.2, 0) is 29.4 Å². The maximum absolute atomic E-state index is 12.1. The molecule has 0 heterocycles. The molecule has 0 spiro atoms. The van der Waals surface area contributed by atoms with E-state index in [1.165, 1.54) is 18.2 Å². The maximum Gasteiger partial charge on any atom is 0.534 e. The van der Waals surface area contributed by atoms with Crippen molar-refractivity contribution < 1.29 is 37.0 Å². The molecule has 0 radical (unpaired) electrons. The van der Waals surface area contributed by atoms with Crippen LogP contribution in [0.3, 0.4) is 0 Å². The number of nitro groups is 2. The first-order chi connectivity index (χ1) is 18.8. The molecule has 0 bridgehead atoms. The van der Waals surface area contributed by atoms with Crippen molar-refractivity contribution in [3.63, 3.8) is 0 Å². The second-order valence-corrected chi connectivity index (χ2v) is 9.10. The van der Waals surface area contributed by atoms with Crippen molar-refractivity contribution in [2.75, 3.05) is 13.1 Å². The Balaban J connectivity index is 0.000000377. The lowest BCUT2D eigenvalue weighted by molar-refractivity contribution is -0.479. The summed E-state index contributed by atoms with van der Waals surface area (Å²) in [6.45, 7) is 3.40. The molecule has 0 fully saturated rings. The zero-order valence-corrected chi connectivity index (χ0v) is 22.1. The molecule has 0 aliphatic rings. The van der Waals surface area contributed by atoms with E-state index < -0.39 is 32.8 Å². The van der Waals surface area contributed by atoms with Crippen molar-refractivity contribution in [1.82, 2.24) is 0 Å². The van der Waals surface area contributed by atoms with Gasteiger partial charge in [-0.1, -0.05) is 86.6 Å². The molecule has 0 unspecified atom stereocenters. The zero-order valence-electron chi connectivity index (χ0n) is 22.3.